The van der Waals surface area contributed by atoms with Gasteiger partial charge in [-0.2, -0.15) is 0 Å². The highest BCUT2D eigenvalue weighted by molar-refractivity contribution is 6.33. The molecule has 6 N–H and O–H groups in total. The molecule has 6 rings (SSSR count). The summed E-state index contributed by atoms with van der Waals surface area (Å²) in [6, 6.07) is 28.0. The lowest BCUT2D eigenvalue weighted by Crippen LogP contribution is -2.35. The number of carbonyl (C=O) groups is 12. The Morgan fingerprint density at radius 3 is 1.00 bits per heavy atom. The normalized spacial score (nSPS) is 13.1. The zero-order valence-electron chi connectivity index (χ0n) is 67.7. The lowest BCUT2D eigenvalue weighted by atomic mass is 9.80. The number of alkyl halides is 2. The summed E-state index contributed by atoms with van der Waals surface area (Å²) < 4.78 is 59.2. The number of halogens is 6. The van der Waals surface area contributed by atoms with Crippen molar-refractivity contribution in [1.82, 2.24) is 10.6 Å². The van der Waals surface area contributed by atoms with E-state index in [0.29, 0.717) is 138 Å². The number of aldehydes is 2. The average Bonchev–Trinajstić information content (AvgIpc) is 0.765. The maximum absolute atomic E-state index is 12.9. The number of allylic oxidation sites excluding steroid dienone is 4. The standard InChI is InChI=1S/C21H26ClNO5.C20H23Cl2NO5.C9H16O4.C8H13ClO4.2C7H5ClO.2C5H9NO2/c1-5-11-27-12-16-19(21(25)28-6-2)18(14-9-7-8-10-15(14)22)17(13(3)23-16)20(24)26-4;1-4-28-20(25)18-15(11-27-10-9-21)23-12(2)16(19(24)26-3)17(18)13-7-5-6-8-14(13)22;1-3-5-12-7-8(10)6-9(11)13-4-2;1-2-13-8(11)5-7(10)6-12-4-3-9;2*8-7-4-2-1-3-6(7)5-9;2*1-4(6)3-5(7)8-2/h7-10,18,23H,5-6,11-12H2,1-4H3;5-8,17,23H,4,9-11H2,1-3H3;3-7H2,1-2H3;2-6H2,1H3;2*1-5H;2*3H,6H2,1-2H3/b;;;;;;2*4-3-. The van der Waals surface area contributed by atoms with Crippen molar-refractivity contribution in [3.63, 3.8) is 0 Å². The molecule has 2 aliphatic heterocycles. The summed E-state index contributed by atoms with van der Waals surface area (Å²) in [5.74, 6) is -5.33. The number of ether oxygens (including phenoxy) is 12. The van der Waals surface area contributed by atoms with Gasteiger partial charge in [0.25, 0.3) is 0 Å². The van der Waals surface area contributed by atoms with Gasteiger partial charge in [-0.15, -0.1) is 23.2 Å². The Morgan fingerprint density at radius 1 is 0.414 bits per heavy atom. The molecule has 0 saturated heterocycles. The molecular formula is C82H106Cl6N4O24. The number of hydrogen-bond acceptors (Lipinski definition) is 28. The number of methoxy groups -OCH3 is 4. The number of dihydropyridines is 2. The van der Waals surface area contributed by atoms with Gasteiger partial charge in [0, 0.05) is 81.1 Å². The molecule has 4 aromatic rings. The Morgan fingerprint density at radius 2 is 0.724 bits per heavy atom. The molecule has 0 aliphatic carbocycles. The summed E-state index contributed by atoms with van der Waals surface area (Å²) in [5.41, 5.74) is 16.8. The second kappa shape index (κ2) is 65.7. The van der Waals surface area contributed by atoms with Crippen LogP contribution in [0, 0.1) is 0 Å². The number of esters is 8. The van der Waals surface area contributed by atoms with Crippen LogP contribution in [-0.2, 0) is 105 Å². The van der Waals surface area contributed by atoms with Crippen LogP contribution in [0.1, 0.15) is 139 Å². The van der Waals surface area contributed by atoms with Gasteiger partial charge < -0.3 is 78.9 Å². The van der Waals surface area contributed by atoms with E-state index in [4.69, 9.17) is 119 Å². The topological polar surface area (TPSA) is 392 Å². The third-order valence-electron chi connectivity index (χ3n) is 14.1. The van der Waals surface area contributed by atoms with Gasteiger partial charge in [0.15, 0.2) is 24.1 Å². The minimum absolute atomic E-state index is 0.00660. The van der Waals surface area contributed by atoms with Gasteiger partial charge in [-0.05, 0) is 104 Å². The first-order valence-electron chi connectivity index (χ1n) is 36.0. The predicted octanol–water partition coefficient (Wildman–Crippen LogP) is 13.3. The first kappa shape index (κ1) is 109. The molecule has 0 spiro atoms. The van der Waals surface area contributed by atoms with Crippen molar-refractivity contribution in [3.05, 3.63) is 208 Å². The zero-order chi connectivity index (χ0) is 88.1. The molecule has 0 amide bonds. The summed E-state index contributed by atoms with van der Waals surface area (Å²) in [6.45, 7) is 20.5. The highest BCUT2D eigenvalue weighted by atomic mass is 35.5. The Balaban J connectivity index is 0. The molecule has 0 bridgehead atoms. The Hall–Kier alpha value is -9.46. The number of nitrogens with one attached hydrogen (secondary N) is 2. The highest BCUT2D eigenvalue weighted by Crippen LogP contribution is 2.43. The summed E-state index contributed by atoms with van der Waals surface area (Å²) in [6.07, 6.45) is 5.23. The maximum atomic E-state index is 12.9. The summed E-state index contributed by atoms with van der Waals surface area (Å²) >= 11 is 35.0. The van der Waals surface area contributed by atoms with Crippen LogP contribution in [0.3, 0.4) is 0 Å². The monoisotopic (exact) mass is 1740 g/mol. The zero-order valence-corrected chi connectivity index (χ0v) is 72.2. The Labute approximate surface area is 708 Å². The first-order chi connectivity index (χ1) is 55.3. The van der Waals surface area contributed by atoms with Crippen LogP contribution in [0.5, 0.6) is 0 Å². The van der Waals surface area contributed by atoms with Gasteiger partial charge in [0.2, 0.25) is 0 Å². The van der Waals surface area contributed by atoms with Gasteiger partial charge in [-0.3, -0.25) is 28.8 Å². The lowest BCUT2D eigenvalue weighted by molar-refractivity contribution is -0.148. The fourth-order valence-electron chi connectivity index (χ4n) is 9.32. The molecule has 0 radical (unpaired) electrons. The summed E-state index contributed by atoms with van der Waals surface area (Å²) in [5, 5.41) is 8.11. The van der Waals surface area contributed by atoms with Crippen molar-refractivity contribution in [1.29, 1.82) is 0 Å². The fourth-order valence-corrected chi connectivity index (χ4v) is 10.4. The molecule has 116 heavy (non-hydrogen) atoms. The van der Waals surface area contributed by atoms with Crippen molar-refractivity contribution in [2.75, 3.05) is 119 Å². The molecule has 0 saturated carbocycles. The maximum Gasteiger partial charge on any atom is 0.336 e. The number of nitrogens with two attached hydrogens (primary N) is 2. The van der Waals surface area contributed by atoms with Gasteiger partial charge in [0.05, 0.1) is 137 Å². The van der Waals surface area contributed by atoms with Crippen molar-refractivity contribution >= 4 is 141 Å². The number of benzene rings is 4. The molecule has 640 valence electrons. The van der Waals surface area contributed by atoms with Crippen LogP contribution in [-0.4, -0.2) is 191 Å². The average molecular weight is 1740 g/mol. The molecule has 2 heterocycles. The molecule has 2 aliphatic rings. The number of carbonyl (C=O) groups excluding carboxylic acids is 12. The van der Waals surface area contributed by atoms with Crippen LogP contribution >= 0.6 is 69.6 Å². The van der Waals surface area contributed by atoms with Gasteiger partial charge in [-0.25, -0.2) is 28.8 Å². The number of hydrogen-bond donors (Lipinski definition) is 4. The molecule has 2 unspecified atom stereocenters. The van der Waals surface area contributed by atoms with E-state index in [1.807, 2.05) is 19.9 Å². The van der Waals surface area contributed by atoms with Crippen molar-refractivity contribution in [3.8, 4) is 0 Å². The third kappa shape index (κ3) is 44.6. The minimum atomic E-state index is -0.754. The van der Waals surface area contributed by atoms with Crippen LogP contribution in [0.2, 0.25) is 20.1 Å². The Kier molecular flexibility index (Phi) is 61.5. The van der Waals surface area contributed by atoms with E-state index in [1.54, 1.807) is 146 Å². The summed E-state index contributed by atoms with van der Waals surface area (Å²) in [4.78, 5) is 135. The molecule has 28 nitrogen and oxygen atoms in total. The lowest BCUT2D eigenvalue weighted by Gasteiger charge is -2.31. The van der Waals surface area contributed by atoms with E-state index in [1.165, 1.54) is 40.6 Å². The van der Waals surface area contributed by atoms with Crippen LogP contribution in [0.4, 0.5) is 0 Å². The highest BCUT2D eigenvalue weighted by Gasteiger charge is 2.41. The Bertz CT molecular complexity index is 3730. The molecular weight excluding hydrogens is 1640 g/mol. The summed E-state index contributed by atoms with van der Waals surface area (Å²) in [7, 11) is 5.21. The van der Waals surface area contributed by atoms with Crippen molar-refractivity contribution < 1.29 is 114 Å². The van der Waals surface area contributed by atoms with E-state index in [0.717, 1.165) is 25.4 Å². The molecule has 4 aromatic carbocycles. The quantitative estimate of drug-likeness (QED) is 0.00642. The van der Waals surface area contributed by atoms with Crippen molar-refractivity contribution in [2.45, 2.75) is 107 Å². The van der Waals surface area contributed by atoms with E-state index in [9.17, 15) is 57.5 Å². The second-order valence-electron chi connectivity index (χ2n) is 23.2. The van der Waals surface area contributed by atoms with Crippen molar-refractivity contribution in [2.24, 2.45) is 11.5 Å². The van der Waals surface area contributed by atoms with Gasteiger partial charge >= 0.3 is 47.8 Å². The molecule has 2 atom stereocenters. The third-order valence-corrected chi connectivity index (χ3v) is 15.8. The number of rotatable bonds is 34. The first-order valence-corrected chi connectivity index (χ1v) is 38.5. The molecule has 0 fully saturated rings. The SMILES string of the molecule is CCCOCC(=O)CC(=O)OCC.CCCOCC1=C(C(=O)OCC)C(c2ccccc2Cl)C(C(=O)OC)=C(C)N1.CCOC(=O)C1=C(COCCCl)NC(C)=C(C(=O)OC)C1c1ccccc1Cl.CCOC(=O)CC(=O)COCCCl.COC(=O)/C=C(/C)N.COC(=O)/C=C(/C)N.O=Cc1ccccc1Cl.O=Cc1ccccc1Cl. The van der Waals surface area contributed by atoms with E-state index >= 15 is 0 Å². The largest absolute Gasteiger partial charge is 0.466 e. The second-order valence-corrected chi connectivity index (χ2v) is 25.6. The molecule has 0 aromatic heterocycles. The van der Waals surface area contributed by atoms with Crippen LogP contribution in [0.15, 0.2) is 166 Å². The van der Waals surface area contributed by atoms with Gasteiger partial charge in [0.1, 0.15) is 26.1 Å². The predicted molar refractivity (Wildman–Crippen MR) is 443 cm³/mol. The van der Waals surface area contributed by atoms with Gasteiger partial charge in [-0.1, -0.05) is 133 Å². The molecule has 34 heteroatoms. The van der Waals surface area contributed by atoms with Crippen LogP contribution < -0.4 is 22.1 Å². The van der Waals surface area contributed by atoms with Crippen LogP contribution in [0.25, 0.3) is 0 Å². The number of Topliss-reactive ketones (excluding diaryl/α,β-unsaturated/α-hetero) is 2. The van der Waals surface area contributed by atoms with E-state index < -0.39 is 59.6 Å². The minimum Gasteiger partial charge on any atom is -0.466 e. The fraction of sp³-hybridized carbons (Fsp3) is 0.415. The van der Waals surface area contributed by atoms with E-state index in [-0.39, 0.29) is 76.2 Å². The van der Waals surface area contributed by atoms with E-state index in [2.05, 4.69) is 29.6 Å². The smallest absolute Gasteiger partial charge is 0.336 e. The number of ketones is 2.